The number of aromatic nitrogens is 1. The first-order valence-electron chi connectivity index (χ1n) is 10.3. The summed E-state index contributed by atoms with van der Waals surface area (Å²) < 4.78 is 17.1. The van der Waals surface area contributed by atoms with Crippen LogP contribution in [0, 0.1) is 6.92 Å². The van der Waals surface area contributed by atoms with E-state index in [4.69, 9.17) is 19.2 Å². The number of hydrogen-bond acceptors (Lipinski definition) is 6. The maximum Gasteiger partial charge on any atom is 0.411 e. The largest absolute Gasteiger partial charge is 0.483 e. The Morgan fingerprint density at radius 1 is 1.27 bits per heavy atom. The number of carbonyl (C=O) groups is 2. The molecule has 1 aromatic carbocycles. The van der Waals surface area contributed by atoms with E-state index in [0.29, 0.717) is 12.8 Å². The molecule has 7 nitrogen and oxygen atoms in total. The summed E-state index contributed by atoms with van der Waals surface area (Å²) in [5.74, 6) is 0.301. The number of esters is 1. The quantitative estimate of drug-likeness (QED) is 0.663. The minimum atomic E-state index is -0.736. The number of fused-ring (bicyclic) bond motifs is 3. The Bertz CT molecular complexity index is 1010. The number of nitrogens with zero attached hydrogens (tertiary/aromatic N) is 2. The molecule has 0 radical (unpaired) electrons. The van der Waals surface area contributed by atoms with Gasteiger partial charge in [0.05, 0.1) is 24.9 Å². The smallest absolute Gasteiger partial charge is 0.411 e. The first-order valence-corrected chi connectivity index (χ1v) is 10.3. The van der Waals surface area contributed by atoms with Crippen LogP contribution in [0.2, 0.25) is 0 Å². The van der Waals surface area contributed by atoms with Gasteiger partial charge in [-0.15, -0.1) is 0 Å². The number of amides is 1. The van der Waals surface area contributed by atoms with E-state index in [9.17, 15) is 9.59 Å². The van der Waals surface area contributed by atoms with Gasteiger partial charge in [0, 0.05) is 17.4 Å². The molecule has 1 fully saturated rings. The fraction of sp³-hybridized carbons (Fsp3) is 0.522. The van der Waals surface area contributed by atoms with E-state index in [0.717, 1.165) is 34.3 Å². The number of carbonyl (C=O) groups excluding carboxylic acids is 2. The maximum atomic E-state index is 12.8. The molecule has 1 aromatic heterocycles. The van der Waals surface area contributed by atoms with Crippen molar-refractivity contribution in [3.05, 3.63) is 35.5 Å². The number of likely N-dealkylation sites (tertiary alicyclic amines) is 1. The standard InChI is InChI=1S/C23H28N2O5/c1-14-19-16(15-8-6-7-9-17(15)24-14)10-11-23(29-19)12-18(20(26)28-5)25(13-23)21(27)30-22(2,3)4/h6-9,18H,10-13H2,1-5H3. The number of para-hydroxylation sites is 1. The van der Waals surface area contributed by atoms with Crippen LogP contribution in [-0.4, -0.2) is 52.8 Å². The number of aryl methyl sites for hydroxylation is 2. The van der Waals surface area contributed by atoms with Crippen LogP contribution in [0.5, 0.6) is 5.75 Å². The van der Waals surface area contributed by atoms with Crippen LogP contribution in [-0.2, 0) is 20.7 Å². The van der Waals surface area contributed by atoms with Gasteiger partial charge in [-0.1, -0.05) is 18.2 Å². The molecule has 2 unspecified atom stereocenters. The van der Waals surface area contributed by atoms with Crippen molar-refractivity contribution in [2.75, 3.05) is 13.7 Å². The lowest BCUT2D eigenvalue weighted by Crippen LogP contribution is -2.46. The number of rotatable bonds is 1. The predicted octanol–water partition coefficient (Wildman–Crippen LogP) is 3.79. The molecule has 1 saturated heterocycles. The van der Waals surface area contributed by atoms with Gasteiger partial charge in [-0.25, -0.2) is 14.6 Å². The molecule has 0 bridgehead atoms. The highest BCUT2D eigenvalue weighted by Crippen LogP contribution is 2.44. The van der Waals surface area contributed by atoms with Gasteiger partial charge < -0.3 is 14.2 Å². The van der Waals surface area contributed by atoms with Crippen LogP contribution in [0.3, 0.4) is 0 Å². The summed E-state index contributed by atoms with van der Waals surface area (Å²) in [6.07, 6.45) is 1.32. The third-order valence-electron chi connectivity index (χ3n) is 5.77. The molecule has 7 heteroatoms. The Balaban J connectivity index is 1.68. The second-order valence-electron chi connectivity index (χ2n) is 9.16. The third-order valence-corrected chi connectivity index (χ3v) is 5.77. The molecule has 2 atom stereocenters. The predicted molar refractivity (Wildman–Crippen MR) is 112 cm³/mol. The van der Waals surface area contributed by atoms with Crippen molar-refractivity contribution in [2.45, 2.75) is 64.2 Å². The molecule has 30 heavy (non-hydrogen) atoms. The average molecular weight is 412 g/mol. The van der Waals surface area contributed by atoms with Gasteiger partial charge in [0.1, 0.15) is 23.0 Å². The second kappa shape index (κ2) is 7.15. The van der Waals surface area contributed by atoms with Gasteiger partial charge in [0.15, 0.2) is 0 Å². The van der Waals surface area contributed by atoms with E-state index >= 15 is 0 Å². The molecule has 160 valence electrons. The maximum absolute atomic E-state index is 12.8. The summed E-state index contributed by atoms with van der Waals surface area (Å²) in [6, 6.07) is 7.29. The van der Waals surface area contributed by atoms with Crippen LogP contribution >= 0.6 is 0 Å². The Labute approximate surface area is 176 Å². The third kappa shape index (κ3) is 3.57. The van der Waals surface area contributed by atoms with Crippen molar-refractivity contribution in [1.82, 2.24) is 9.88 Å². The molecule has 1 spiro atoms. The summed E-state index contributed by atoms with van der Waals surface area (Å²) in [5, 5.41) is 1.08. The van der Waals surface area contributed by atoms with Crippen LogP contribution < -0.4 is 4.74 Å². The molecular weight excluding hydrogens is 384 g/mol. The molecule has 1 amide bonds. The molecule has 2 aliphatic heterocycles. The van der Waals surface area contributed by atoms with Crippen molar-refractivity contribution in [2.24, 2.45) is 0 Å². The van der Waals surface area contributed by atoms with Gasteiger partial charge in [0.25, 0.3) is 0 Å². The first-order chi connectivity index (χ1) is 14.1. The van der Waals surface area contributed by atoms with Gasteiger partial charge in [-0.3, -0.25) is 4.90 Å². The summed E-state index contributed by atoms with van der Waals surface area (Å²) in [5.41, 5.74) is 1.56. The molecule has 0 N–H and O–H groups in total. The lowest BCUT2D eigenvalue weighted by atomic mass is 9.87. The normalized spacial score (nSPS) is 23.2. The number of ether oxygens (including phenoxy) is 3. The molecule has 2 aliphatic rings. The van der Waals surface area contributed by atoms with Gasteiger partial charge in [0.2, 0.25) is 0 Å². The molecule has 4 rings (SSSR count). The van der Waals surface area contributed by atoms with E-state index < -0.39 is 29.3 Å². The molecular formula is C23H28N2O5. The van der Waals surface area contributed by atoms with Crippen LogP contribution in [0.15, 0.2) is 24.3 Å². The summed E-state index contributed by atoms with van der Waals surface area (Å²) >= 11 is 0. The molecule has 0 saturated carbocycles. The van der Waals surface area contributed by atoms with Crippen molar-refractivity contribution in [3.63, 3.8) is 0 Å². The first kappa shape index (κ1) is 20.4. The van der Waals surface area contributed by atoms with E-state index in [1.54, 1.807) is 20.8 Å². The van der Waals surface area contributed by atoms with Gasteiger partial charge in [-0.2, -0.15) is 0 Å². The fourth-order valence-electron chi connectivity index (χ4n) is 4.46. The minimum Gasteiger partial charge on any atom is -0.483 e. The fourth-order valence-corrected chi connectivity index (χ4v) is 4.46. The highest BCUT2D eigenvalue weighted by molar-refractivity contribution is 5.85. The Hall–Kier alpha value is -2.83. The summed E-state index contributed by atoms with van der Waals surface area (Å²) in [6.45, 7) is 7.61. The average Bonchev–Trinajstić information content (AvgIpc) is 3.05. The number of methoxy groups -OCH3 is 1. The molecule has 2 aromatic rings. The Kier molecular flexibility index (Phi) is 4.87. The molecule has 3 heterocycles. The van der Waals surface area contributed by atoms with Gasteiger partial charge >= 0.3 is 12.1 Å². The highest BCUT2D eigenvalue weighted by atomic mass is 16.6. The lowest BCUT2D eigenvalue weighted by molar-refractivity contribution is -0.145. The highest BCUT2D eigenvalue weighted by Gasteiger charge is 2.53. The molecule has 0 aliphatic carbocycles. The monoisotopic (exact) mass is 412 g/mol. The SMILES string of the molecule is COC(=O)C1CC2(CCc3c(c(C)nc4ccccc34)O2)CN1C(=O)OC(C)(C)C. The van der Waals surface area contributed by atoms with Crippen molar-refractivity contribution < 1.29 is 23.8 Å². The van der Waals surface area contributed by atoms with E-state index in [1.165, 1.54) is 12.0 Å². The van der Waals surface area contributed by atoms with Crippen molar-refractivity contribution in [3.8, 4) is 5.75 Å². The number of pyridine rings is 1. The van der Waals surface area contributed by atoms with E-state index in [-0.39, 0.29) is 6.54 Å². The van der Waals surface area contributed by atoms with Crippen LogP contribution in [0.1, 0.15) is 44.9 Å². The number of benzene rings is 1. The summed E-state index contributed by atoms with van der Waals surface area (Å²) in [7, 11) is 1.33. The lowest BCUT2D eigenvalue weighted by Gasteiger charge is -2.36. The number of hydrogen-bond donors (Lipinski definition) is 0. The summed E-state index contributed by atoms with van der Waals surface area (Å²) in [4.78, 5) is 31.4. The zero-order valence-electron chi connectivity index (χ0n) is 18.2. The van der Waals surface area contributed by atoms with E-state index in [1.807, 2.05) is 25.1 Å². The van der Waals surface area contributed by atoms with Crippen LogP contribution in [0.4, 0.5) is 4.79 Å². The van der Waals surface area contributed by atoms with Crippen molar-refractivity contribution in [1.29, 1.82) is 0 Å². The minimum absolute atomic E-state index is 0.271. The van der Waals surface area contributed by atoms with E-state index in [2.05, 4.69) is 6.07 Å². The Morgan fingerprint density at radius 2 is 2.00 bits per heavy atom. The zero-order chi connectivity index (χ0) is 21.7. The van der Waals surface area contributed by atoms with Gasteiger partial charge in [-0.05, 0) is 46.6 Å². The zero-order valence-corrected chi connectivity index (χ0v) is 18.2. The second-order valence-corrected chi connectivity index (χ2v) is 9.16. The van der Waals surface area contributed by atoms with Crippen molar-refractivity contribution >= 4 is 23.0 Å². The van der Waals surface area contributed by atoms with Crippen LogP contribution in [0.25, 0.3) is 10.9 Å². The Morgan fingerprint density at radius 3 is 2.70 bits per heavy atom. The topological polar surface area (TPSA) is 78.0 Å².